The third-order valence-electron chi connectivity index (χ3n) is 4.33. The van der Waals surface area contributed by atoms with Gasteiger partial charge in [-0.05, 0) is 37.0 Å². The Morgan fingerprint density at radius 2 is 1.43 bits per heavy atom. The van der Waals surface area contributed by atoms with Gasteiger partial charge in [0.05, 0.1) is 12.2 Å². The van der Waals surface area contributed by atoms with Crippen LogP contribution in [-0.4, -0.2) is 61.4 Å². The summed E-state index contributed by atoms with van der Waals surface area (Å²) in [5.41, 5.74) is 2.37. The lowest BCUT2D eigenvalue weighted by Gasteiger charge is -2.13. The van der Waals surface area contributed by atoms with Gasteiger partial charge in [-0.3, -0.25) is 4.79 Å². The monoisotopic (exact) mass is 386 g/mol. The summed E-state index contributed by atoms with van der Waals surface area (Å²) in [5.74, 6) is 0.00792. The number of hydrogen-bond acceptors (Lipinski definition) is 4. The van der Waals surface area contributed by atoms with E-state index in [1.165, 1.54) is 10.5 Å². The molecule has 0 radical (unpaired) electrons. The molecule has 0 saturated heterocycles. The van der Waals surface area contributed by atoms with E-state index in [0.717, 1.165) is 12.1 Å². The van der Waals surface area contributed by atoms with Crippen molar-refractivity contribution in [1.29, 1.82) is 0 Å². The van der Waals surface area contributed by atoms with Crippen molar-refractivity contribution in [3.63, 3.8) is 0 Å². The summed E-state index contributed by atoms with van der Waals surface area (Å²) in [5, 5.41) is 19.8. The van der Waals surface area contributed by atoms with E-state index < -0.39 is 12.2 Å². The third-order valence-corrected chi connectivity index (χ3v) is 4.33. The van der Waals surface area contributed by atoms with Crippen LogP contribution in [0.4, 0.5) is 5.69 Å². The molecule has 0 bridgehead atoms. The summed E-state index contributed by atoms with van der Waals surface area (Å²) in [6, 6.07) is 8.34. The maximum absolute atomic E-state index is 11.5. The minimum absolute atomic E-state index is 0.00792. The fraction of sp³-hybridized carbons (Fsp3) is 0.435. The second-order valence-electron chi connectivity index (χ2n) is 7.22. The van der Waals surface area contributed by atoms with Crippen LogP contribution >= 0.6 is 0 Å². The van der Waals surface area contributed by atoms with E-state index in [-0.39, 0.29) is 5.91 Å². The average molecular weight is 387 g/mol. The van der Waals surface area contributed by atoms with Crippen molar-refractivity contribution in [3.8, 4) is 0 Å². The van der Waals surface area contributed by atoms with E-state index in [4.69, 9.17) is 0 Å². The van der Waals surface area contributed by atoms with Crippen molar-refractivity contribution in [3.05, 3.63) is 66.3 Å². The molecule has 0 heterocycles. The Labute approximate surface area is 169 Å². The number of aliphatic hydroxyl groups is 2. The minimum Gasteiger partial charge on any atom is -0.389 e. The zero-order valence-electron chi connectivity index (χ0n) is 17.5. The summed E-state index contributed by atoms with van der Waals surface area (Å²) in [6.45, 7) is 0. The molecule has 0 spiro atoms. The summed E-state index contributed by atoms with van der Waals surface area (Å²) >= 11 is 0. The predicted octanol–water partition coefficient (Wildman–Crippen LogP) is 2.94. The molecule has 1 amide bonds. The SMILES string of the molecule is CN(C)C(=O)CCC(O)/C=C/C=C/C=C/C(O)CCc1ccc(N(C)C)cc1. The molecule has 0 aliphatic carbocycles. The molecule has 0 aromatic heterocycles. The molecule has 0 aliphatic heterocycles. The van der Waals surface area contributed by atoms with Crippen molar-refractivity contribution >= 4 is 11.6 Å². The van der Waals surface area contributed by atoms with E-state index in [0.29, 0.717) is 19.3 Å². The highest BCUT2D eigenvalue weighted by Crippen LogP contribution is 2.14. The van der Waals surface area contributed by atoms with E-state index in [1.54, 1.807) is 44.5 Å². The number of allylic oxidation sites excluding steroid dienone is 4. The normalized spacial score (nSPS) is 14.1. The van der Waals surface area contributed by atoms with Gasteiger partial charge in [-0.1, -0.05) is 48.6 Å². The van der Waals surface area contributed by atoms with Gasteiger partial charge < -0.3 is 20.0 Å². The average Bonchev–Trinajstić information content (AvgIpc) is 2.67. The number of rotatable bonds is 11. The predicted molar refractivity (Wildman–Crippen MR) is 116 cm³/mol. The molecule has 28 heavy (non-hydrogen) atoms. The first-order valence-electron chi connectivity index (χ1n) is 9.63. The molecule has 0 fully saturated rings. The zero-order chi connectivity index (χ0) is 20.9. The lowest BCUT2D eigenvalue weighted by Crippen LogP contribution is -2.22. The highest BCUT2D eigenvalue weighted by molar-refractivity contribution is 5.75. The number of hydrogen-bond donors (Lipinski definition) is 2. The molecular formula is C23H34N2O3. The molecule has 2 atom stereocenters. The maximum Gasteiger partial charge on any atom is 0.222 e. The number of carbonyl (C=O) groups is 1. The Bertz CT molecular complexity index is 661. The summed E-state index contributed by atoms with van der Waals surface area (Å²) in [7, 11) is 7.43. The largest absolute Gasteiger partial charge is 0.389 e. The number of nitrogens with zero attached hydrogens (tertiary/aromatic N) is 2. The molecule has 5 heteroatoms. The number of aliphatic hydroxyl groups excluding tert-OH is 2. The molecular weight excluding hydrogens is 352 g/mol. The van der Waals surface area contributed by atoms with E-state index in [1.807, 2.05) is 20.2 Å². The Morgan fingerprint density at radius 3 is 1.93 bits per heavy atom. The van der Waals surface area contributed by atoms with Crippen molar-refractivity contribution in [2.45, 2.75) is 37.9 Å². The van der Waals surface area contributed by atoms with E-state index in [2.05, 4.69) is 29.2 Å². The van der Waals surface area contributed by atoms with Crippen LogP contribution in [-0.2, 0) is 11.2 Å². The van der Waals surface area contributed by atoms with Gasteiger partial charge in [0.1, 0.15) is 0 Å². The topological polar surface area (TPSA) is 64.0 Å². The molecule has 5 nitrogen and oxygen atoms in total. The fourth-order valence-corrected chi connectivity index (χ4v) is 2.48. The first-order chi connectivity index (χ1) is 13.3. The number of amides is 1. The number of aryl methyl sites for hydroxylation is 1. The van der Waals surface area contributed by atoms with Crippen LogP contribution in [0.1, 0.15) is 24.8 Å². The lowest BCUT2D eigenvalue weighted by molar-refractivity contribution is -0.129. The third kappa shape index (κ3) is 10.1. The quantitative estimate of drug-likeness (QED) is 0.574. The molecule has 2 N–H and O–H groups in total. The lowest BCUT2D eigenvalue weighted by atomic mass is 10.1. The van der Waals surface area contributed by atoms with Gasteiger partial charge in [-0.15, -0.1) is 0 Å². The van der Waals surface area contributed by atoms with Gasteiger partial charge in [0.25, 0.3) is 0 Å². The minimum atomic E-state index is -0.637. The van der Waals surface area contributed by atoms with Crippen molar-refractivity contribution in [2.24, 2.45) is 0 Å². The van der Waals surface area contributed by atoms with Crippen LogP contribution in [0.3, 0.4) is 0 Å². The van der Waals surface area contributed by atoms with Crippen LogP contribution in [0.25, 0.3) is 0 Å². The fourth-order valence-electron chi connectivity index (χ4n) is 2.48. The Hall–Kier alpha value is -2.37. The van der Waals surface area contributed by atoms with Gasteiger partial charge >= 0.3 is 0 Å². The second kappa shape index (κ2) is 12.9. The molecule has 154 valence electrons. The summed E-state index contributed by atoms with van der Waals surface area (Å²) in [4.78, 5) is 15.0. The van der Waals surface area contributed by atoms with Gasteiger partial charge in [0.15, 0.2) is 0 Å². The molecule has 1 rings (SSSR count). The number of carbonyl (C=O) groups excluding carboxylic acids is 1. The molecule has 0 aliphatic rings. The Balaban J connectivity index is 2.28. The standard InChI is InChI=1S/C23H34N2O3/c1-24(2)20-14-11-19(12-15-20)13-16-21(26)9-7-5-6-8-10-22(27)17-18-23(28)25(3)4/h5-12,14-15,21-22,26-27H,13,16-18H2,1-4H3/b6-5+,9-7+,10-8+. The van der Waals surface area contributed by atoms with Crippen molar-refractivity contribution in [2.75, 3.05) is 33.1 Å². The Kier molecular flexibility index (Phi) is 10.9. The van der Waals surface area contributed by atoms with Crippen LogP contribution in [0.5, 0.6) is 0 Å². The first-order valence-corrected chi connectivity index (χ1v) is 9.63. The maximum atomic E-state index is 11.5. The van der Waals surface area contributed by atoms with Gasteiger partial charge in [-0.2, -0.15) is 0 Å². The van der Waals surface area contributed by atoms with Crippen LogP contribution in [0.15, 0.2) is 60.7 Å². The van der Waals surface area contributed by atoms with E-state index >= 15 is 0 Å². The highest BCUT2D eigenvalue weighted by atomic mass is 16.3. The molecule has 1 aromatic carbocycles. The van der Waals surface area contributed by atoms with Crippen molar-refractivity contribution in [1.82, 2.24) is 4.90 Å². The number of benzene rings is 1. The highest BCUT2D eigenvalue weighted by Gasteiger charge is 2.06. The Morgan fingerprint density at radius 1 is 0.893 bits per heavy atom. The number of anilines is 1. The van der Waals surface area contributed by atoms with Gasteiger partial charge in [0.2, 0.25) is 5.91 Å². The molecule has 1 aromatic rings. The second-order valence-corrected chi connectivity index (χ2v) is 7.22. The first kappa shape index (κ1) is 23.7. The van der Waals surface area contributed by atoms with E-state index in [9.17, 15) is 15.0 Å². The van der Waals surface area contributed by atoms with Crippen LogP contribution < -0.4 is 4.90 Å². The summed E-state index contributed by atoms with van der Waals surface area (Å²) < 4.78 is 0. The molecule has 0 saturated carbocycles. The summed E-state index contributed by atoms with van der Waals surface area (Å²) in [6.07, 6.45) is 11.6. The van der Waals surface area contributed by atoms with Gasteiger partial charge in [-0.25, -0.2) is 0 Å². The van der Waals surface area contributed by atoms with Crippen LogP contribution in [0.2, 0.25) is 0 Å². The molecule has 2 unspecified atom stereocenters. The van der Waals surface area contributed by atoms with Crippen molar-refractivity contribution < 1.29 is 15.0 Å². The van der Waals surface area contributed by atoms with Crippen LogP contribution in [0, 0.1) is 0 Å². The van der Waals surface area contributed by atoms with Gasteiger partial charge in [0, 0.05) is 40.3 Å². The smallest absolute Gasteiger partial charge is 0.222 e. The zero-order valence-corrected chi connectivity index (χ0v) is 17.5.